The van der Waals surface area contributed by atoms with E-state index in [0.29, 0.717) is 5.92 Å². The van der Waals surface area contributed by atoms with Gasteiger partial charge in [0.15, 0.2) is 0 Å². The fraction of sp³-hybridized carbons (Fsp3) is 1.00. The van der Waals surface area contributed by atoms with Gasteiger partial charge in [0.05, 0.1) is 6.61 Å². The number of ether oxygens (including phenoxy) is 1. The predicted molar refractivity (Wildman–Crippen MR) is 68.8 cm³/mol. The molecule has 2 aliphatic heterocycles. The van der Waals surface area contributed by atoms with Gasteiger partial charge in [-0.15, -0.1) is 0 Å². The molecule has 1 saturated carbocycles. The lowest BCUT2D eigenvalue weighted by molar-refractivity contribution is 0.0584. The van der Waals surface area contributed by atoms with Crippen LogP contribution in [0.25, 0.3) is 0 Å². The molecule has 2 heterocycles. The first-order valence-electron chi connectivity index (χ1n) is 7.27. The normalized spacial score (nSPS) is 41.6. The molecule has 0 radical (unpaired) electrons. The summed E-state index contributed by atoms with van der Waals surface area (Å²) in [5.74, 6) is 2.57. The van der Waals surface area contributed by atoms with Crippen LogP contribution >= 0.6 is 0 Å². The Morgan fingerprint density at radius 3 is 2.47 bits per heavy atom. The minimum absolute atomic E-state index is 0.181. The second-order valence-corrected chi connectivity index (χ2v) is 6.48. The number of likely N-dealkylation sites (tertiary alicyclic amines) is 1. The smallest absolute Gasteiger partial charge is 0.0513 e. The second-order valence-electron chi connectivity index (χ2n) is 6.48. The number of rotatable bonds is 3. The van der Waals surface area contributed by atoms with Gasteiger partial charge in [0.1, 0.15) is 0 Å². The summed E-state index contributed by atoms with van der Waals surface area (Å²) in [6, 6.07) is 0. The molecule has 3 rings (SSSR count). The Kier molecular flexibility index (Phi) is 3.18. The van der Waals surface area contributed by atoms with Gasteiger partial charge in [0, 0.05) is 37.7 Å². The molecule has 2 N–H and O–H groups in total. The van der Waals surface area contributed by atoms with Crippen LogP contribution in [0.4, 0.5) is 0 Å². The summed E-state index contributed by atoms with van der Waals surface area (Å²) >= 11 is 0. The number of nitrogens with two attached hydrogens (primary N) is 1. The van der Waals surface area contributed by atoms with Crippen LogP contribution in [-0.2, 0) is 4.74 Å². The van der Waals surface area contributed by atoms with Crippen LogP contribution in [0.2, 0.25) is 0 Å². The highest BCUT2D eigenvalue weighted by Gasteiger charge is 2.47. The van der Waals surface area contributed by atoms with Crippen LogP contribution < -0.4 is 5.73 Å². The molecule has 1 aliphatic carbocycles. The van der Waals surface area contributed by atoms with E-state index in [-0.39, 0.29) is 5.54 Å². The molecule has 4 unspecified atom stereocenters. The molecular weight excluding hydrogens is 212 g/mol. The topological polar surface area (TPSA) is 38.5 Å². The molecule has 98 valence electrons. The summed E-state index contributed by atoms with van der Waals surface area (Å²) in [6.45, 7) is 7.57. The number of fused-ring (bicyclic) bond motifs is 1. The van der Waals surface area contributed by atoms with Gasteiger partial charge >= 0.3 is 0 Å². The zero-order valence-corrected chi connectivity index (χ0v) is 11.0. The van der Waals surface area contributed by atoms with Crippen LogP contribution in [0.1, 0.15) is 32.6 Å². The fourth-order valence-corrected chi connectivity index (χ4v) is 4.23. The van der Waals surface area contributed by atoms with Gasteiger partial charge in [-0.05, 0) is 38.0 Å². The summed E-state index contributed by atoms with van der Waals surface area (Å²) in [5.41, 5.74) is 6.30. The second kappa shape index (κ2) is 4.52. The van der Waals surface area contributed by atoms with Crippen molar-refractivity contribution in [3.05, 3.63) is 0 Å². The lowest BCUT2D eigenvalue weighted by atomic mass is 9.83. The van der Waals surface area contributed by atoms with E-state index in [9.17, 15) is 0 Å². The highest BCUT2D eigenvalue weighted by atomic mass is 16.5. The van der Waals surface area contributed by atoms with Crippen LogP contribution in [0, 0.1) is 17.8 Å². The van der Waals surface area contributed by atoms with Crippen molar-refractivity contribution >= 4 is 0 Å². The number of hydrogen-bond acceptors (Lipinski definition) is 3. The van der Waals surface area contributed by atoms with E-state index < -0.39 is 0 Å². The first-order chi connectivity index (χ1) is 8.24. The predicted octanol–water partition coefficient (Wildman–Crippen LogP) is 1.47. The van der Waals surface area contributed by atoms with Crippen molar-refractivity contribution in [1.29, 1.82) is 0 Å². The maximum Gasteiger partial charge on any atom is 0.0513 e. The first kappa shape index (κ1) is 11.9. The molecule has 17 heavy (non-hydrogen) atoms. The maximum absolute atomic E-state index is 6.12. The molecule has 3 nitrogen and oxygen atoms in total. The SMILES string of the molecule is CC(CN)(C1CCOC1)N1CC2CCCC2C1. The largest absolute Gasteiger partial charge is 0.381 e. The van der Waals surface area contributed by atoms with Crippen molar-refractivity contribution in [3.8, 4) is 0 Å². The van der Waals surface area contributed by atoms with E-state index >= 15 is 0 Å². The highest BCUT2D eigenvalue weighted by molar-refractivity contribution is 5.01. The molecule has 0 spiro atoms. The minimum atomic E-state index is 0.181. The van der Waals surface area contributed by atoms with Gasteiger partial charge in [-0.25, -0.2) is 0 Å². The van der Waals surface area contributed by atoms with Crippen LogP contribution in [0.5, 0.6) is 0 Å². The monoisotopic (exact) mass is 238 g/mol. The van der Waals surface area contributed by atoms with Crippen LogP contribution in [0.3, 0.4) is 0 Å². The lowest BCUT2D eigenvalue weighted by Gasteiger charge is -2.42. The van der Waals surface area contributed by atoms with Crippen molar-refractivity contribution in [2.45, 2.75) is 38.1 Å². The van der Waals surface area contributed by atoms with Gasteiger partial charge in [-0.3, -0.25) is 4.90 Å². The average molecular weight is 238 g/mol. The summed E-state index contributed by atoms with van der Waals surface area (Å²) in [4.78, 5) is 2.70. The molecule has 0 aromatic heterocycles. The van der Waals surface area contributed by atoms with Gasteiger partial charge in [-0.1, -0.05) is 6.42 Å². The molecule has 0 aromatic rings. The van der Waals surface area contributed by atoms with Gasteiger partial charge in [0.2, 0.25) is 0 Å². The maximum atomic E-state index is 6.12. The third-order valence-electron chi connectivity index (χ3n) is 5.67. The summed E-state index contributed by atoms with van der Waals surface area (Å²) < 4.78 is 5.58. The third kappa shape index (κ3) is 1.92. The summed E-state index contributed by atoms with van der Waals surface area (Å²) in [6.07, 6.45) is 5.54. The quantitative estimate of drug-likeness (QED) is 0.809. The van der Waals surface area contributed by atoms with E-state index in [1.165, 1.54) is 38.8 Å². The Labute approximate surface area is 105 Å². The number of hydrogen-bond donors (Lipinski definition) is 1. The zero-order chi connectivity index (χ0) is 11.9. The summed E-state index contributed by atoms with van der Waals surface area (Å²) in [7, 11) is 0. The lowest BCUT2D eigenvalue weighted by Crippen LogP contribution is -2.56. The molecule has 0 amide bonds. The molecule has 2 saturated heterocycles. The molecule has 0 bridgehead atoms. The van der Waals surface area contributed by atoms with E-state index in [1.807, 2.05) is 0 Å². The van der Waals surface area contributed by atoms with Crippen molar-refractivity contribution in [3.63, 3.8) is 0 Å². The molecule has 3 heteroatoms. The Morgan fingerprint density at radius 2 is 1.94 bits per heavy atom. The molecule has 4 atom stereocenters. The zero-order valence-electron chi connectivity index (χ0n) is 11.0. The third-order valence-corrected chi connectivity index (χ3v) is 5.67. The Hall–Kier alpha value is -0.120. The van der Waals surface area contributed by atoms with Crippen molar-refractivity contribution in [1.82, 2.24) is 4.90 Å². The first-order valence-corrected chi connectivity index (χ1v) is 7.27. The van der Waals surface area contributed by atoms with E-state index in [0.717, 1.165) is 31.6 Å². The molecule has 0 aromatic carbocycles. The molecule has 3 fully saturated rings. The Morgan fingerprint density at radius 1 is 1.24 bits per heavy atom. The van der Waals surface area contributed by atoms with Gasteiger partial charge in [-0.2, -0.15) is 0 Å². The Bertz CT molecular complexity index is 265. The molecule has 3 aliphatic rings. The van der Waals surface area contributed by atoms with Gasteiger partial charge in [0.25, 0.3) is 0 Å². The summed E-state index contributed by atoms with van der Waals surface area (Å²) in [5, 5.41) is 0. The Balaban J connectivity index is 1.72. The van der Waals surface area contributed by atoms with Crippen molar-refractivity contribution in [2.24, 2.45) is 23.5 Å². The van der Waals surface area contributed by atoms with E-state index in [2.05, 4.69) is 11.8 Å². The van der Waals surface area contributed by atoms with E-state index in [4.69, 9.17) is 10.5 Å². The van der Waals surface area contributed by atoms with Crippen LogP contribution in [0.15, 0.2) is 0 Å². The minimum Gasteiger partial charge on any atom is -0.381 e. The average Bonchev–Trinajstić information content (AvgIpc) is 3.02. The van der Waals surface area contributed by atoms with Gasteiger partial charge < -0.3 is 10.5 Å². The molecular formula is C14H26N2O. The fourth-order valence-electron chi connectivity index (χ4n) is 4.23. The number of nitrogens with zero attached hydrogens (tertiary/aromatic N) is 1. The van der Waals surface area contributed by atoms with E-state index in [1.54, 1.807) is 0 Å². The van der Waals surface area contributed by atoms with Crippen molar-refractivity contribution < 1.29 is 4.74 Å². The highest BCUT2D eigenvalue weighted by Crippen LogP contribution is 2.42. The van der Waals surface area contributed by atoms with Crippen LogP contribution in [-0.4, -0.2) is 43.3 Å². The van der Waals surface area contributed by atoms with Crippen molar-refractivity contribution in [2.75, 3.05) is 32.8 Å². The standard InChI is InChI=1S/C14H26N2O/c1-14(10-15,13-5-6-17-9-13)16-7-11-3-2-4-12(11)8-16/h11-13H,2-10,15H2,1H3.